The molecule has 0 fully saturated rings. The highest BCUT2D eigenvalue weighted by Crippen LogP contribution is 2.08. The van der Waals surface area contributed by atoms with Crippen molar-refractivity contribution in [3.63, 3.8) is 0 Å². The zero-order valence-electron chi connectivity index (χ0n) is 12.1. The van der Waals surface area contributed by atoms with Gasteiger partial charge in [-0.2, -0.15) is 0 Å². The lowest BCUT2D eigenvalue weighted by molar-refractivity contribution is -0.121. The molecule has 1 N–H and O–H groups in total. The average molecular weight is 295 g/mol. The lowest BCUT2D eigenvalue weighted by Crippen LogP contribution is -2.25. The summed E-state index contributed by atoms with van der Waals surface area (Å²) in [6.07, 6.45) is 4.04. The summed E-state index contributed by atoms with van der Waals surface area (Å²) in [6, 6.07) is 15.3. The van der Waals surface area contributed by atoms with E-state index in [2.05, 4.69) is 10.3 Å². The molecule has 0 aliphatic carbocycles. The number of fused-ring (bicyclic) bond motifs is 1. The normalized spacial score (nSPS) is 10.5. The van der Waals surface area contributed by atoms with Crippen LogP contribution in [-0.4, -0.2) is 21.9 Å². The SMILES string of the molecule is O=C(CCOc1ccccc1)NCc1ncc2ccccn12. The van der Waals surface area contributed by atoms with Gasteiger partial charge in [0.25, 0.3) is 0 Å². The highest BCUT2D eigenvalue weighted by molar-refractivity contribution is 5.75. The fourth-order valence-electron chi connectivity index (χ4n) is 2.17. The number of hydrogen-bond donors (Lipinski definition) is 1. The second-order valence-electron chi connectivity index (χ2n) is 4.86. The van der Waals surface area contributed by atoms with Crippen molar-refractivity contribution in [1.82, 2.24) is 14.7 Å². The van der Waals surface area contributed by atoms with Crippen molar-refractivity contribution < 1.29 is 9.53 Å². The molecule has 5 nitrogen and oxygen atoms in total. The lowest BCUT2D eigenvalue weighted by Gasteiger charge is -2.07. The van der Waals surface area contributed by atoms with E-state index in [1.54, 1.807) is 6.20 Å². The Labute approximate surface area is 128 Å². The molecule has 0 bridgehead atoms. The van der Waals surface area contributed by atoms with Crippen molar-refractivity contribution in [3.05, 3.63) is 66.7 Å². The van der Waals surface area contributed by atoms with E-state index in [4.69, 9.17) is 4.74 Å². The monoisotopic (exact) mass is 295 g/mol. The largest absolute Gasteiger partial charge is 0.493 e. The molecule has 0 aliphatic heterocycles. The Morgan fingerprint density at radius 1 is 1.14 bits per heavy atom. The number of ether oxygens (including phenoxy) is 1. The van der Waals surface area contributed by atoms with Crippen molar-refractivity contribution >= 4 is 11.4 Å². The van der Waals surface area contributed by atoms with Crippen LogP contribution < -0.4 is 10.1 Å². The fraction of sp³-hybridized carbons (Fsp3) is 0.176. The molecule has 5 heteroatoms. The Balaban J connectivity index is 1.46. The summed E-state index contributed by atoms with van der Waals surface area (Å²) >= 11 is 0. The van der Waals surface area contributed by atoms with Crippen LogP contribution in [0.1, 0.15) is 12.2 Å². The van der Waals surface area contributed by atoms with E-state index in [9.17, 15) is 4.79 Å². The van der Waals surface area contributed by atoms with Crippen LogP contribution in [-0.2, 0) is 11.3 Å². The van der Waals surface area contributed by atoms with E-state index >= 15 is 0 Å². The molecular formula is C17H17N3O2. The summed E-state index contributed by atoms with van der Waals surface area (Å²) in [7, 11) is 0. The second-order valence-corrected chi connectivity index (χ2v) is 4.86. The van der Waals surface area contributed by atoms with Crippen molar-refractivity contribution in [2.24, 2.45) is 0 Å². The Kier molecular flexibility index (Phi) is 4.34. The van der Waals surface area contributed by atoms with E-state index in [0.717, 1.165) is 17.1 Å². The summed E-state index contributed by atoms with van der Waals surface area (Å²) in [5.41, 5.74) is 1.01. The van der Waals surface area contributed by atoms with E-state index in [1.165, 1.54) is 0 Å². The number of benzene rings is 1. The molecule has 0 spiro atoms. The number of amides is 1. The predicted molar refractivity (Wildman–Crippen MR) is 83.6 cm³/mol. The van der Waals surface area contributed by atoms with Gasteiger partial charge in [-0.25, -0.2) is 4.98 Å². The standard InChI is InChI=1S/C17H17N3O2/c21-17(9-11-22-15-7-2-1-3-8-15)19-13-16-18-12-14-6-4-5-10-20(14)16/h1-8,10,12H,9,11,13H2,(H,19,21). The minimum atomic E-state index is -0.0522. The van der Waals surface area contributed by atoms with Crippen LogP contribution in [0, 0.1) is 0 Å². The van der Waals surface area contributed by atoms with E-state index < -0.39 is 0 Å². The third kappa shape index (κ3) is 3.44. The highest BCUT2D eigenvalue weighted by atomic mass is 16.5. The minimum absolute atomic E-state index is 0.0522. The van der Waals surface area contributed by atoms with Crippen LogP contribution in [0.4, 0.5) is 0 Å². The predicted octanol–water partition coefficient (Wildman–Crippen LogP) is 2.42. The molecule has 0 radical (unpaired) electrons. The number of hydrogen-bond acceptors (Lipinski definition) is 3. The van der Waals surface area contributed by atoms with Crippen molar-refractivity contribution in [1.29, 1.82) is 0 Å². The number of aromatic nitrogens is 2. The summed E-state index contributed by atoms with van der Waals surface area (Å²) in [4.78, 5) is 16.1. The van der Waals surface area contributed by atoms with Crippen molar-refractivity contribution in [2.75, 3.05) is 6.61 Å². The molecule has 0 aliphatic rings. The molecule has 22 heavy (non-hydrogen) atoms. The molecule has 2 heterocycles. The molecule has 0 saturated carbocycles. The molecule has 3 rings (SSSR count). The van der Waals surface area contributed by atoms with E-state index in [-0.39, 0.29) is 5.91 Å². The lowest BCUT2D eigenvalue weighted by atomic mass is 10.3. The van der Waals surface area contributed by atoms with Gasteiger partial charge in [-0.1, -0.05) is 24.3 Å². The number of pyridine rings is 1. The van der Waals surface area contributed by atoms with Gasteiger partial charge in [-0.15, -0.1) is 0 Å². The number of nitrogens with one attached hydrogen (secondary N) is 1. The highest BCUT2D eigenvalue weighted by Gasteiger charge is 2.06. The molecule has 112 valence electrons. The van der Waals surface area contributed by atoms with Gasteiger partial charge in [0.05, 0.1) is 31.3 Å². The number of imidazole rings is 1. The van der Waals surface area contributed by atoms with Gasteiger partial charge < -0.3 is 14.5 Å². The van der Waals surface area contributed by atoms with Crippen LogP contribution in [0.5, 0.6) is 5.75 Å². The molecule has 1 amide bonds. The first-order valence-electron chi connectivity index (χ1n) is 7.18. The second kappa shape index (κ2) is 6.76. The van der Waals surface area contributed by atoms with E-state index in [0.29, 0.717) is 19.6 Å². The molecule has 2 aromatic heterocycles. The summed E-state index contributed by atoms with van der Waals surface area (Å²) in [5.74, 6) is 1.53. The molecular weight excluding hydrogens is 278 g/mol. The van der Waals surface area contributed by atoms with Crippen LogP contribution in [0.15, 0.2) is 60.9 Å². The van der Waals surface area contributed by atoms with Gasteiger partial charge in [-0.05, 0) is 24.3 Å². The Morgan fingerprint density at radius 3 is 2.82 bits per heavy atom. The molecule has 0 atom stereocenters. The first-order chi connectivity index (χ1) is 10.8. The van der Waals surface area contributed by atoms with Gasteiger partial charge in [0.15, 0.2) is 0 Å². The maximum atomic E-state index is 11.8. The van der Waals surface area contributed by atoms with Crippen molar-refractivity contribution in [2.45, 2.75) is 13.0 Å². The Bertz CT molecular complexity index is 753. The number of carbonyl (C=O) groups excluding carboxylic acids is 1. The Morgan fingerprint density at radius 2 is 1.95 bits per heavy atom. The zero-order chi connectivity index (χ0) is 15.2. The number of rotatable bonds is 6. The smallest absolute Gasteiger partial charge is 0.223 e. The van der Waals surface area contributed by atoms with Gasteiger partial charge in [-0.3, -0.25) is 4.79 Å². The molecule has 1 aromatic carbocycles. The van der Waals surface area contributed by atoms with Crippen LogP contribution in [0.2, 0.25) is 0 Å². The average Bonchev–Trinajstić information content (AvgIpc) is 2.97. The van der Waals surface area contributed by atoms with Gasteiger partial charge >= 0.3 is 0 Å². The minimum Gasteiger partial charge on any atom is -0.493 e. The molecule has 0 saturated heterocycles. The summed E-state index contributed by atoms with van der Waals surface area (Å²) in [5, 5.41) is 2.86. The summed E-state index contributed by atoms with van der Waals surface area (Å²) in [6.45, 7) is 0.764. The van der Waals surface area contributed by atoms with Gasteiger partial charge in [0.1, 0.15) is 11.6 Å². The summed E-state index contributed by atoms with van der Waals surface area (Å²) < 4.78 is 7.46. The maximum Gasteiger partial charge on any atom is 0.223 e. The van der Waals surface area contributed by atoms with Gasteiger partial charge in [0, 0.05) is 6.20 Å². The van der Waals surface area contributed by atoms with Crippen molar-refractivity contribution in [3.8, 4) is 5.75 Å². The number of carbonyl (C=O) groups is 1. The fourth-order valence-corrected chi connectivity index (χ4v) is 2.17. The van der Waals surface area contributed by atoms with Crippen LogP contribution in [0.3, 0.4) is 0 Å². The molecule has 3 aromatic rings. The van der Waals surface area contributed by atoms with Gasteiger partial charge in [0.2, 0.25) is 5.91 Å². The topological polar surface area (TPSA) is 55.6 Å². The number of nitrogens with zero attached hydrogens (tertiary/aromatic N) is 2. The first-order valence-corrected chi connectivity index (χ1v) is 7.18. The first kappa shape index (κ1) is 14.1. The number of para-hydroxylation sites is 1. The third-order valence-corrected chi connectivity index (χ3v) is 3.30. The van der Waals surface area contributed by atoms with Crippen LogP contribution >= 0.6 is 0 Å². The quantitative estimate of drug-likeness (QED) is 0.760. The van der Waals surface area contributed by atoms with Crippen LogP contribution in [0.25, 0.3) is 5.52 Å². The Hall–Kier alpha value is -2.82. The maximum absolute atomic E-state index is 11.8. The van der Waals surface area contributed by atoms with E-state index in [1.807, 2.05) is 59.1 Å². The zero-order valence-corrected chi connectivity index (χ0v) is 12.1. The molecule has 0 unspecified atom stereocenters. The third-order valence-electron chi connectivity index (χ3n) is 3.30.